The standard InChI is InChI=1S/C11H20ClN/c1-10(8-12)9-13-6-4-11(2,3)5-7-13/h1,4-9H2,2-3H3. The summed E-state index contributed by atoms with van der Waals surface area (Å²) in [7, 11) is 0. The van der Waals surface area contributed by atoms with Crippen LogP contribution in [0.1, 0.15) is 26.7 Å². The molecule has 1 fully saturated rings. The molecular weight excluding hydrogens is 182 g/mol. The van der Waals surface area contributed by atoms with Gasteiger partial charge in [-0.25, -0.2) is 0 Å². The van der Waals surface area contributed by atoms with Crippen LogP contribution < -0.4 is 0 Å². The fourth-order valence-corrected chi connectivity index (χ4v) is 1.76. The molecule has 0 saturated carbocycles. The van der Waals surface area contributed by atoms with Gasteiger partial charge in [0.15, 0.2) is 0 Å². The Balaban J connectivity index is 2.29. The summed E-state index contributed by atoms with van der Waals surface area (Å²) in [6, 6.07) is 0. The summed E-state index contributed by atoms with van der Waals surface area (Å²) < 4.78 is 0. The van der Waals surface area contributed by atoms with Gasteiger partial charge >= 0.3 is 0 Å². The molecule has 0 aromatic rings. The third-order valence-corrected chi connectivity index (χ3v) is 3.22. The average Bonchev–Trinajstić information content (AvgIpc) is 2.08. The van der Waals surface area contributed by atoms with E-state index in [-0.39, 0.29) is 0 Å². The van der Waals surface area contributed by atoms with E-state index in [0.29, 0.717) is 11.3 Å². The number of hydrogen-bond donors (Lipinski definition) is 0. The monoisotopic (exact) mass is 201 g/mol. The molecule has 0 aromatic heterocycles. The van der Waals surface area contributed by atoms with E-state index in [1.54, 1.807) is 0 Å². The summed E-state index contributed by atoms with van der Waals surface area (Å²) in [5.74, 6) is 0.597. The predicted molar refractivity (Wildman–Crippen MR) is 59.3 cm³/mol. The number of halogens is 1. The van der Waals surface area contributed by atoms with Crippen molar-refractivity contribution in [1.82, 2.24) is 4.90 Å². The highest BCUT2D eigenvalue weighted by molar-refractivity contribution is 6.19. The van der Waals surface area contributed by atoms with Crippen LogP contribution in [0.2, 0.25) is 0 Å². The highest BCUT2D eigenvalue weighted by atomic mass is 35.5. The number of likely N-dealkylation sites (tertiary alicyclic amines) is 1. The molecule has 1 saturated heterocycles. The Morgan fingerprint density at radius 3 is 2.38 bits per heavy atom. The molecule has 1 aliphatic heterocycles. The van der Waals surface area contributed by atoms with E-state index < -0.39 is 0 Å². The first-order chi connectivity index (χ1) is 6.03. The van der Waals surface area contributed by atoms with Gasteiger partial charge in [-0.3, -0.25) is 4.90 Å². The molecule has 1 aliphatic rings. The minimum atomic E-state index is 0.540. The summed E-state index contributed by atoms with van der Waals surface area (Å²) in [6.45, 7) is 12.0. The van der Waals surface area contributed by atoms with Gasteiger partial charge in [0.1, 0.15) is 0 Å². The minimum Gasteiger partial charge on any atom is -0.299 e. The van der Waals surface area contributed by atoms with Crippen LogP contribution in [0.4, 0.5) is 0 Å². The molecule has 0 aromatic carbocycles. The smallest absolute Gasteiger partial charge is 0.0443 e. The average molecular weight is 202 g/mol. The second-order valence-electron chi connectivity index (χ2n) is 4.82. The lowest BCUT2D eigenvalue weighted by Gasteiger charge is -2.37. The normalized spacial score (nSPS) is 23.0. The quantitative estimate of drug-likeness (QED) is 0.502. The molecule has 0 radical (unpaired) electrons. The van der Waals surface area contributed by atoms with Crippen LogP contribution >= 0.6 is 11.6 Å². The second-order valence-corrected chi connectivity index (χ2v) is 5.09. The first-order valence-electron chi connectivity index (χ1n) is 4.98. The van der Waals surface area contributed by atoms with E-state index in [1.165, 1.54) is 25.9 Å². The van der Waals surface area contributed by atoms with Gasteiger partial charge in [-0.2, -0.15) is 0 Å². The van der Waals surface area contributed by atoms with Crippen LogP contribution in [0.3, 0.4) is 0 Å². The van der Waals surface area contributed by atoms with Crippen molar-refractivity contribution in [3.63, 3.8) is 0 Å². The zero-order valence-corrected chi connectivity index (χ0v) is 9.53. The lowest BCUT2D eigenvalue weighted by Crippen LogP contribution is -2.38. The van der Waals surface area contributed by atoms with Crippen molar-refractivity contribution < 1.29 is 0 Å². The van der Waals surface area contributed by atoms with Crippen molar-refractivity contribution in [2.24, 2.45) is 5.41 Å². The molecule has 0 atom stereocenters. The second kappa shape index (κ2) is 4.47. The van der Waals surface area contributed by atoms with Crippen molar-refractivity contribution in [2.45, 2.75) is 26.7 Å². The zero-order valence-electron chi connectivity index (χ0n) is 8.77. The van der Waals surface area contributed by atoms with Crippen molar-refractivity contribution in [2.75, 3.05) is 25.5 Å². The molecular formula is C11H20ClN. The van der Waals surface area contributed by atoms with E-state index in [0.717, 1.165) is 12.1 Å². The van der Waals surface area contributed by atoms with E-state index in [9.17, 15) is 0 Å². The molecule has 0 N–H and O–H groups in total. The topological polar surface area (TPSA) is 3.24 Å². The Bertz CT molecular complexity index is 177. The summed E-state index contributed by atoms with van der Waals surface area (Å²) in [5, 5.41) is 0. The molecule has 1 rings (SSSR count). The van der Waals surface area contributed by atoms with Crippen molar-refractivity contribution in [1.29, 1.82) is 0 Å². The predicted octanol–water partition coefficient (Wildman–Crippen LogP) is 2.90. The van der Waals surface area contributed by atoms with Crippen LogP contribution in [-0.4, -0.2) is 30.4 Å². The van der Waals surface area contributed by atoms with Crippen LogP contribution in [0.5, 0.6) is 0 Å². The van der Waals surface area contributed by atoms with Gasteiger partial charge in [0.25, 0.3) is 0 Å². The number of piperidine rings is 1. The lowest BCUT2D eigenvalue weighted by molar-refractivity contribution is 0.141. The molecule has 76 valence electrons. The Kier molecular flexibility index (Phi) is 3.81. The van der Waals surface area contributed by atoms with Gasteiger partial charge in [-0.05, 0) is 36.9 Å². The van der Waals surface area contributed by atoms with Crippen molar-refractivity contribution >= 4 is 11.6 Å². The molecule has 13 heavy (non-hydrogen) atoms. The fourth-order valence-electron chi connectivity index (χ4n) is 1.67. The molecule has 1 heterocycles. The minimum absolute atomic E-state index is 0.540. The van der Waals surface area contributed by atoms with Gasteiger partial charge in [0, 0.05) is 12.4 Å². The SMILES string of the molecule is C=C(CCl)CN1CCC(C)(C)CC1. The summed E-state index contributed by atoms with van der Waals surface area (Å²) in [6.07, 6.45) is 2.59. The molecule has 1 nitrogen and oxygen atoms in total. The number of nitrogens with zero attached hydrogens (tertiary/aromatic N) is 1. The molecule has 0 spiro atoms. The van der Waals surface area contributed by atoms with Crippen LogP contribution in [0.15, 0.2) is 12.2 Å². The first-order valence-corrected chi connectivity index (χ1v) is 5.52. The largest absolute Gasteiger partial charge is 0.299 e. The maximum absolute atomic E-state index is 5.70. The highest BCUT2D eigenvalue weighted by Crippen LogP contribution is 2.29. The van der Waals surface area contributed by atoms with Gasteiger partial charge in [-0.1, -0.05) is 20.4 Å². The maximum Gasteiger partial charge on any atom is 0.0443 e. The Morgan fingerprint density at radius 1 is 1.38 bits per heavy atom. The van der Waals surface area contributed by atoms with Gasteiger partial charge < -0.3 is 0 Å². The van der Waals surface area contributed by atoms with E-state index >= 15 is 0 Å². The van der Waals surface area contributed by atoms with Crippen LogP contribution in [0.25, 0.3) is 0 Å². The van der Waals surface area contributed by atoms with Crippen LogP contribution in [0, 0.1) is 5.41 Å². The fraction of sp³-hybridized carbons (Fsp3) is 0.818. The first kappa shape index (κ1) is 11.1. The Morgan fingerprint density at radius 2 is 1.92 bits per heavy atom. The van der Waals surface area contributed by atoms with Gasteiger partial charge in [0.05, 0.1) is 0 Å². The molecule has 0 bridgehead atoms. The van der Waals surface area contributed by atoms with Crippen molar-refractivity contribution in [3.8, 4) is 0 Å². The van der Waals surface area contributed by atoms with Gasteiger partial charge in [-0.15, -0.1) is 11.6 Å². The summed E-state index contributed by atoms with van der Waals surface area (Å²) in [4.78, 5) is 2.45. The lowest BCUT2D eigenvalue weighted by atomic mass is 9.82. The molecule has 0 unspecified atom stereocenters. The molecule has 0 aliphatic carbocycles. The maximum atomic E-state index is 5.70. The number of alkyl halides is 1. The third kappa shape index (κ3) is 3.70. The Hall–Kier alpha value is -0.0100. The van der Waals surface area contributed by atoms with Crippen molar-refractivity contribution in [3.05, 3.63) is 12.2 Å². The third-order valence-electron chi connectivity index (χ3n) is 2.85. The zero-order chi connectivity index (χ0) is 9.90. The summed E-state index contributed by atoms with van der Waals surface area (Å²) in [5.41, 5.74) is 1.68. The highest BCUT2D eigenvalue weighted by Gasteiger charge is 2.24. The number of hydrogen-bond acceptors (Lipinski definition) is 1. The van der Waals surface area contributed by atoms with E-state index in [4.69, 9.17) is 11.6 Å². The summed E-state index contributed by atoms with van der Waals surface area (Å²) >= 11 is 5.70. The van der Waals surface area contributed by atoms with E-state index in [2.05, 4.69) is 25.3 Å². The number of rotatable bonds is 3. The molecule has 2 heteroatoms. The Labute approximate surface area is 86.8 Å². The molecule has 0 amide bonds. The van der Waals surface area contributed by atoms with E-state index in [1.807, 2.05) is 0 Å². The van der Waals surface area contributed by atoms with Gasteiger partial charge in [0.2, 0.25) is 0 Å². The van der Waals surface area contributed by atoms with Crippen LogP contribution in [-0.2, 0) is 0 Å².